The van der Waals surface area contributed by atoms with E-state index in [1.54, 1.807) is 0 Å². The van der Waals surface area contributed by atoms with Crippen LogP contribution in [0.15, 0.2) is 6.20 Å². The Morgan fingerprint density at radius 1 is 1.57 bits per heavy atom. The smallest absolute Gasteiger partial charge is 0.265 e. The minimum Gasteiger partial charge on any atom is -0.392 e. The van der Waals surface area contributed by atoms with E-state index in [0.717, 1.165) is 6.20 Å². The van der Waals surface area contributed by atoms with Crippen LogP contribution in [0.2, 0.25) is 0 Å². The third-order valence-electron chi connectivity index (χ3n) is 1.75. The van der Waals surface area contributed by atoms with Crippen LogP contribution in [-0.4, -0.2) is 10.1 Å². The predicted molar refractivity (Wildman–Crippen MR) is 60.5 cm³/mol. The zero-order valence-corrected chi connectivity index (χ0v) is 10.7. The summed E-state index contributed by atoms with van der Waals surface area (Å²) in [4.78, 5) is 3.88. The summed E-state index contributed by atoms with van der Waals surface area (Å²) in [6.45, 7) is -0.388. The molecule has 6 heteroatoms. The zero-order valence-electron chi connectivity index (χ0n) is 6.98. The van der Waals surface area contributed by atoms with Crippen LogP contribution < -0.4 is 0 Å². The van der Waals surface area contributed by atoms with Crippen molar-refractivity contribution >= 4 is 38.5 Å². The van der Waals surface area contributed by atoms with Crippen molar-refractivity contribution in [2.75, 3.05) is 0 Å². The highest BCUT2D eigenvalue weighted by Crippen LogP contribution is 2.28. The third-order valence-corrected chi connectivity index (χ3v) is 3.55. The minimum atomic E-state index is -2.59. The van der Waals surface area contributed by atoms with E-state index >= 15 is 0 Å². The Labute approximate surface area is 102 Å². The summed E-state index contributed by atoms with van der Waals surface area (Å²) in [6, 6.07) is 0. The van der Waals surface area contributed by atoms with Gasteiger partial charge in [0, 0.05) is 26.2 Å². The second-order valence-corrected chi connectivity index (χ2v) is 4.18. The van der Waals surface area contributed by atoms with Gasteiger partial charge in [-0.25, -0.2) is 8.78 Å². The molecule has 0 radical (unpaired) electrons. The van der Waals surface area contributed by atoms with Crippen LogP contribution in [0.1, 0.15) is 23.2 Å². The topological polar surface area (TPSA) is 33.1 Å². The SMILES string of the molecule is OCc1c(C(F)F)cnc(CBr)c1I. The Bertz CT molecular complexity index is 335. The molecule has 0 spiro atoms. The lowest BCUT2D eigenvalue weighted by molar-refractivity contribution is 0.146. The van der Waals surface area contributed by atoms with E-state index in [2.05, 4.69) is 20.9 Å². The number of aliphatic hydroxyl groups excluding tert-OH is 1. The molecular formula is C8H7BrF2INO. The minimum absolute atomic E-state index is 0.193. The van der Waals surface area contributed by atoms with Crippen LogP contribution in [0, 0.1) is 3.57 Å². The normalized spacial score (nSPS) is 11.0. The van der Waals surface area contributed by atoms with Gasteiger partial charge in [-0.1, -0.05) is 15.9 Å². The summed E-state index contributed by atoms with van der Waals surface area (Å²) in [5.41, 5.74) is 0.741. The molecule has 1 aromatic rings. The number of aliphatic hydroxyl groups is 1. The second kappa shape index (κ2) is 5.32. The molecule has 0 aliphatic rings. The van der Waals surface area contributed by atoms with Crippen molar-refractivity contribution in [2.24, 2.45) is 0 Å². The Hall–Kier alpha value is 0.180. The standard InChI is InChI=1S/C8H7BrF2INO/c9-1-6-7(12)5(3-14)4(2-13-6)8(10)11/h2,8,14H,1,3H2. The molecule has 1 N–H and O–H groups in total. The monoisotopic (exact) mass is 377 g/mol. The van der Waals surface area contributed by atoms with Gasteiger partial charge in [0.25, 0.3) is 6.43 Å². The van der Waals surface area contributed by atoms with Gasteiger partial charge < -0.3 is 5.11 Å². The van der Waals surface area contributed by atoms with Crippen LogP contribution in [0.25, 0.3) is 0 Å². The zero-order chi connectivity index (χ0) is 10.7. The summed E-state index contributed by atoms with van der Waals surface area (Å²) in [5.74, 6) is 0. The average molecular weight is 378 g/mol. The molecule has 0 amide bonds. The van der Waals surface area contributed by atoms with Gasteiger partial charge in [0.2, 0.25) is 0 Å². The maximum absolute atomic E-state index is 12.5. The molecule has 14 heavy (non-hydrogen) atoms. The molecule has 0 fully saturated rings. The van der Waals surface area contributed by atoms with Crippen LogP contribution in [-0.2, 0) is 11.9 Å². The van der Waals surface area contributed by atoms with Gasteiger partial charge in [-0.05, 0) is 22.6 Å². The van der Waals surface area contributed by atoms with E-state index in [4.69, 9.17) is 5.11 Å². The molecule has 0 saturated heterocycles. The molecule has 0 aliphatic heterocycles. The molecule has 0 atom stereocenters. The molecule has 2 nitrogen and oxygen atoms in total. The van der Waals surface area contributed by atoms with Crippen molar-refractivity contribution in [3.8, 4) is 0 Å². The Morgan fingerprint density at radius 2 is 2.21 bits per heavy atom. The van der Waals surface area contributed by atoms with Crippen LogP contribution in [0.4, 0.5) is 8.78 Å². The predicted octanol–water partition coefficient (Wildman–Crippen LogP) is 3.01. The van der Waals surface area contributed by atoms with Crippen molar-refractivity contribution in [1.82, 2.24) is 4.98 Å². The lowest BCUT2D eigenvalue weighted by atomic mass is 10.1. The number of nitrogens with zero attached hydrogens (tertiary/aromatic N) is 1. The quantitative estimate of drug-likeness (QED) is 0.648. The molecule has 0 saturated carbocycles. The average Bonchev–Trinajstić information content (AvgIpc) is 2.17. The Kier molecular flexibility index (Phi) is 4.65. The number of rotatable bonds is 3. The van der Waals surface area contributed by atoms with Crippen molar-refractivity contribution in [3.05, 3.63) is 26.6 Å². The number of hydrogen-bond donors (Lipinski definition) is 1. The van der Waals surface area contributed by atoms with Gasteiger partial charge in [-0.2, -0.15) is 0 Å². The first-order valence-electron chi connectivity index (χ1n) is 3.73. The number of pyridine rings is 1. The van der Waals surface area contributed by atoms with Crippen molar-refractivity contribution in [1.29, 1.82) is 0 Å². The highest BCUT2D eigenvalue weighted by Gasteiger charge is 2.17. The highest BCUT2D eigenvalue weighted by atomic mass is 127. The molecule has 78 valence electrons. The molecule has 1 aromatic heterocycles. The van der Waals surface area contributed by atoms with E-state index in [9.17, 15) is 8.78 Å². The van der Waals surface area contributed by atoms with E-state index in [0.29, 0.717) is 14.6 Å². The fourth-order valence-corrected chi connectivity index (χ4v) is 2.79. The summed E-state index contributed by atoms with van der Waals surface area (Å²) in [7, 11) is 0. The first kappa shape index (κ1) is 12.3. The number of alkyl halides is 3. The van der Waals surface area contributed by atoms with E-state index in [1.165, 1.54) is 0 Å². The molecule has 0 aliphatic carbocycles. The summed E-state index contributed by atoms with van der Waals surface area (Å²) in [5, 5.41) is 9.47. The lowest BCUT2D eigenvalue weighted by Gasteiger charge is -2.10. The van der Waals surface area contributed by atoms with E-state index in [1.807, 2.05) is 22.6 Å². The molecule has 0 bridgehead atoms. The summed E-state index contributed by atoms with van der Waals surface area (Å²) in [6.07, 6.45) is -1.47. The van der Waals surface area contributed by atoms with Gasteiger partial charge in [0.15, 0.2) is 0 Å². The van der Waals surface area contributed by atoms with Crippen LogP contribution >= 0.6 is 38.5 Å². The van der Waals surface area contributed by atoms with Crippen molar-refractivity contribution in [2.45, 2.75) is 18.4 Å². The lowest BCUT2D eigenvalue weighted by Crippen LogP contribution is -2.03. The molecule has 0 unspecified atom stereocenters. The number of aromatic nitrogens is 1. The van der Waals surface area contributed by atoms with Crippen LogP contribution in [0.5, 0.6) is 0 Å². The van der Waals surface area contributed by atoms with E-state index in [-0.39, 0.29) is 17.7 Å². The highest BCUT2D eigenvalue weighted by molar-refractivity contribution is 14.1. The van der Waals surface area contributed by atoms with Gasteiger partial charge in [-0.15, -0.1) is 0 Å². The fourth-order valence-electron chi connectivity index (χ4n) is 1.02. The maximum atomic E-state index is 12.5. The molecule has 1 heterocycles. The number of hydrogen-bond acceptors (Lipinski definition) is 2. The number of halogens is 4. The fraction of sp³-hybridized carbons (Fsp3) is 0.375. The maximum Gasteiger partial charge on any atom is 0.265 e. The molecule has 0 aromatic carbocycles. The largest absolute Gasteiger partial charge is 0.392 e. The van der Waals surface area contributed by atoms with Crippen molar-refractivity contribution < 1.29 is 13.9 Å². The summed E-state index contributed by atoms with van der Waals surface area (Å²) < 4.78 is 25.5. The first-order chi connectivity index (χ1) is 6.61. The molecular weight excluding hydrogens is 371 g/mol. The van der Waals surface area contributed by atoms with Gasteiger partial charge in [0.05, 0.1) is 12.3 Å². The third kappa shape index (κ3) is 2.40. The Balaban J connectivity index is 3.28. The molecule has 1 rings (SSSR count). The summed E-state index contributed by atoms with van der Waals surface area (Å²) >= 11 is 5.11. The van der Waals surface area contributed by atoms with Crippen molar-refractivity contribution in [3.63, 3.8) is 0 Å². The van der Waals surface area contributed by atoms with Gasteiger partial charge in [-0.3, -0.25) is 4.98 Å². The van der Waals surface area contributed by atoms with Gasteiger partial charge in [0.1, 0.15) is 0 Å². The van der Waals surface area contributed by atoms with Crippen LogP contribution in [0.3, 0.4) is 0 Å². The first-order valence-corrected chi connectivity index (χ1v) is 5.93. The van der Waals surface area contributed by atoms with E-state index < -0.39 is 6.43 Å². The Morgan fingerprint density at radius 3 is 2.64 bits per heavy atom. The second-order valence-electron chi connectivity index (χ2n) is 2.55. The van der Waals surface area contributed by atoms with Gasteiger partial charge >= 0.3 is 0 Å².